The molecule has 1 aliphatic heterocycles. The molecule has 0 aromatic rings. The van der Waals surface area contributed by atoms with Crippen LogP contribution in [-0.4, -0.2) is 47.8 Å². The van der Waals surface area contributed by atoms with E-state index < -0.39 is 17.6 Å². The van der Waals surface area contributed by atoms with Crippen LogP contribution < -0.4 is 11.3 Å². The molecule has 1 rings (SSSR count). The summed E-state index contributed by atoms with van der Waals surface area (Å²) in [5.74, 6) is 4.87. The lowest BCUT2D eigenvalue weighted by Gasteiger charge is -2.37. The van der Waals surface area contributed by atoms with E-state index in [0.717, 1.165) is 0 Å². The fourth-order valence-electron chi connectivity index (χ4n) is 1.68. The topological polar surface area (TPSA) is 105 Å². The van der Waals surface area contributed by atoms with E-state index in [1.807, 2.05) is 0 Å². The molecule has 86 valence electrons. The number of ether oxygens (including phenoxy) is 1. The second-order valence-electron chi connectivity index (χ2n) is 3.49. The van der Waals surface area contributed by atoms with Crippen molar-refractivity contribution in [3.63, 3.8) is 0 Å². The van der Waals surface area contributed by atoms with Crippen molar-refractivity contribution in [2.45, 2.75) is 18.4 Å². The second kappa shape index (κ2) is 4.45. The molecule has 0 aromatic carbocycles. The maximum absolute atomic E-state index is 11.5. The van der Waals surface area contributed by atoms with Crippen LogP contribution in [0.2, 0.25) is 0 Å². The molecule has 0 radical (unpaired) electrons. The molecule has 1 saturated heterocycles. The lowest BCUT2D eigenvalue weighted by Crippen LogP contribution is -2.61. The van der Waals surface area contributed by atoms with Gasteiger partial charge in [-0.1, -0.05) is 0 Å². The molecule has 0 saturated carbocycles. The van der Waals surface area contributed by atoms with E-state index in [1.165, 1.54) is 12.0 Å². The van der Waals surface area contributed by atoms with Crippen LogP contribution >= 0.6 is 0 Å². The minimum absolute atomic E-state index is 0.272. The Morgan fingerprint density at radius 2 is 2.00 bits per heavy atom. The summed E-state index contributed by atoms with van der Waals surface area (Å²) in [5, 5.41) is 8.74. The zero-order chi connectivity index (χ0) is 11.5. The minimum Gasteiger partial charge on any atom is -0.468 e. The van der Waals surface area contributed by atoms with Crippen molar-refractivity contribution < 1.29 is 19.4 Å². The van der Waals surface area contributed by atoms with E-state index in [1.54, 1.807) is 0 Å². The Kier molecular flexibility index (Phi) is 3.48. The number of hydrogen-bond acceptors (Lipinski definition) is 5. The van der Waals surface area contributed by atoms with Crippen LogP contribution in [0.3, 0.4) is 0 Å². The molecular formula is C8H15N3O4. The monoisotopic (exact) mass is 217 g/mol. The van der Waals surface area contributed by atoms with Gasteiger partial charge in [-0.15, -0.1) is 0 Å². The number of methoxy groups -OCH3 is 1. The molecule has 7 heteroatoms. The number of nitrogens with zero attached hydrogens (tertiary/aromatic N) is 1. The Morgan fingerprint density at radius 1 is 1.47 bits per heavy atom. The van der Waals surface area contributed by atoms with Gasteiger partial charge in [-0.3, -0.25) is 10.6 Å². The van der Waals surface area contributed by atoms with E-state index in [4.69, 9.17) is 10.9 Å². The van der Waals surface area contributed by atoms with Gasteiger partial charge in [0.2, 0.25) is 0 Å². The maximum Gasteiger partial charge on any atom is 0.407 e. The lowest BCUT2D eigenvalue weighted by atomic mass is 9.88. The Balaban J connectivity index is 2.66. The average molecular weight is 217 g/mol. The highest BCUT2D eigenvalue weighted by atomic mass is 16.5. The predicted molar refractivity (Wildman–Crippen MR) is 50.9 cm³/mol. The quantitative estimate of drug-likeness (QED) is 0.315. The first-order valence-corrected chi connectivity index (χ1v) is 4.60. The van der Waals surface area contributed by atoms with Crippen molar-refractivity contribution in [3.05, 3.63) is 0 Å². The van der Waals surface area contributed by atoms with Crippen LogP contribution in [-0.2, 0) is 9.53 Å². The number of carboxylic acid groups (broad SMARTS) is 1. The molecule has 0 aliphatic carbocycles. The molecule has 7 nitrogen and oxygen atoms in total. The molecule has 1 aliphatic rings. The number of hydrazine groups is 1. The normalized spacial score (nSPS) is 19.7. The Morgan fingerprint density at radius 3 is 2.33 bits per heavy atom. The number of carbonyl (C=O) groups is 2. The summed E-state index contributed by atoms with van der Waals surface area (Å²) in [6.45, 7) is 0.545. The van der Waals surface area contributed by atoms with Crippen LogP contribution in [0.15, 0.2) is 0 Å². The van der Waals surface area contributed by atoms with Gasteiger partial charge in [-0.25, -0.2) is 10.2 Å². The van der Waals surface area contributed by atoms with Crippen molar-refractivity contribution >= 4 is 12.1 Å². The smallest absolute Gasteiger partial charge is 0.407 e. The number of carbonyl (C=O) groups excluding carboxylic acids is 1. The highest BCUT2D eigenvalue weighted by Gasteiger charge is 2.42. The fraction of sp³-hybridized carbons (Fsp3) is 0.750. The SMILES string of the molecule is COC(=O)C1(NN)CCN(C(=O)O)CC1. The fourth-order valence-corrected chi connectivity index (χ4v) is 1.68. The van der Waals surface area contributed by atoms with Crippen LogP contribution in [0.4, 0.5) is 4.79 Å². The van der Waals surface area contributed by atoms with Gasteiger partial charge in [0.25, 0.3) is 0 Å². The third-order valence-corrected chi connectivity index (χ3v) is 2.74. The average Bonchev–Trinajstić information content (AvgIpc) is 2.27. The summed E-state index contributed by atoms with van der Waals surface area (Å²) in [7, 11) is 1.28. The highest BCUT2D eigenvalue weighted by molar-refractivity contribution is 5.81. The minimum atomic E-state index is -0.981. The van der Waals surface area contributed by atoms with Gasteiger partial charge in [0.05, 0.1) is 7.11 Å². The summed E-state index contributed by atoms with van der Waals surface area (Å²) in [5.41, 5.74) is 1.49. The molecule has 0 spiro atoms. The largest absolute Gasteiger partial charge is 0.468 e. The highest BCUT2D eigenvalue weighted by Crippen LogP contribution is 2.22. The van der Waals surface area contributed by atoms with Crippen LogP contribution in [0, 0.1) is 0 Å². The van der Waals surface area contributed by atoms with E-state index in [2.05, 4.69) is 10.2 Å². The zero-order valence-electron chi connectivity index (χ0n) is 8.52. The van der Waals surface area contributed by atoms with E-state index >= 15 is 0 Å². The molecule has 0 atom stereocenters. The third-order valence-electron chi connectivity index (χ3n) is 2.74. The van der Waals surface area contributed by atoms with Crippen LogP contribution in [0.25, 0.3) is 0 Å². The van der Waals surface area contributed by atoms with Crippen molar-refractivity contribution in [2.75, 3.05) is 20.2 Å². The first-order valence-electron chi connectivity index (χ1n) is 4.60. The van der Waals surface area contributed by atoms with Gasteiger partial charge in [0.15, 0.2) is 0 Å². The molecule has 1 amide bonds. The van der Waals surface area contributed by atoms with Crippen molar-refractivity contribution in [1.82, 2.24) is 10.3 Å². The van der Waals surface area contributed by atoms with Gasteiger partial charge in [-0.05, 0) is 12.8 Å². The predicted octanol–water partition coefficient (Wildman–Crippen LogP) is -0.865. The maximum atomic E-state index is 11.5. The Bertz CT molecular complexity index is 261. The number of rotatable bonds is 2. The Labute approximate surface area is 87.1 Å². The van der Waals surface area contributed by atoms with E-state index in [0.29, 0.717) is 12.8 Å². The van der Waals surface area contributed by atoms with Gasteiger partial charge in [0.1, 0.15) is 5.54 Å². The van der Waals surface area contributed by atoms with Gasteiger partial charge >= 0.3 is 12.1 Å². The summed E-state index contributed by atoms with van der Waals surface area (Å²) in [4.78, 5) is 23.4. The van der Waals surface area contributed by atoms with Crippen molar-refractivity contribution in [3.8, 4) is 0 Å². The van der Waals surface area contributed by atoms with Crippen molar-refractivity contribution in [2.24, 2.45) is 5.84 Å². The molecule has 1 heterocycles. The summed E-state index contributed by atoms with van der Waals surface area (Å²) >= 11 is 0. The first kappa shape index (κ1) is 11.7. The van der Waals surface area contributed by atoms with Crippen molar-refractivity contribution in [1.29, 1.82) is 0 Å². The Hall–Kier alpha value is -1.34. The van der Waals surface area contributed by atoms with Crippen LogP contribution in [0.5, 0.6) is 0 Å². The van der Waals surface area contributed by atoms with E-state index in [-0.39, 0.29) is 13.1 Å². The molecular weight excluding hydrogens is 202 g/mol. The van der Waals surface area contributed by atoms with Gasteiger partial charge in [0, 0.05) is 13.1 Å². The number of nitrogens with two attached hydrogens (primary N) is 1. The van der Waals surface area contributed by atoms with Gasteiger partial charge < -0.3 is 14.7 Å². The first-order chi connectivity index (χ1) is 7.05. The summed E-state index contributed by atoms with van der Waals surface area (Å²) in [6.07, 6.45) is -0.337. The standard InChI is InChI=1S/C8H15N3O4/c1-15-6(12)8(10-9)2-4-11(5-3-8)7(13)14/h10H,2-5,9H2,1H3,(H,13,14). The molecule has 0 unspecified atom stereocenters. The number of hydrogen-bond donors (Lipinski definition) is 3. The molecule has 0 bridgehead atoms. The molecule has 1 fully saturated rings. The number of amides is 1. The molecule has 4 N–H and O–H groups in total. The molecule has 15 heavy (non-hydrogen) atoms. The summed E-state index contributed by atoms with van der Waals surface area (Å²) in [6, 6.07) is 0. The number of piperidine rings is 1. The second-order valence-corrected chi connectivity index (χ2v) is 3.49. The molecule has 0 aromatic heterocycles. The van der Waals surface area contributed by atoms with Crippen LogP contribution in [0.1, 0.15) is 12.8 Å². The lowest BCUT2D eigenvalue weighted by molar-refractivity contribution is -0.150. The third kappa shape index (κ3) is 2.18. The number of nitrogens with one attached hydrogen (secondary N) is 1. The summed E-state index contributed by atoms with van der Waals surface area (Å²) < 4.78 is 4.63. The van der Waals surface area contributed by atoms with Gasteiger partial charge in [-0.2, -0.15) is 0 Å². The number of esters is 1. The number of likely N-dealkylation sites (tertiary alicyclic amines) is 1. The van der Waals surface area contributed by atoms with E-state index in [9.17, 15) is 9.59 Å². The zero-order valence-corrected chi connectivity index (χ0v) is 8.52.